The van der Waals surface area contributed by atoms with Gasteiger partial charge in [0.05, 0.1) is 6.04 Å². The quantitative estimate of drug-likeness (QED) is 0.817. The van der Waals surface area contributed by atoms with Crippen LogP contribution in [0.25, 0.3) is 0 Å². The molecule has 26 heavy (non-hydrogen) atoms. The van der Waals surface area contributed by atoms with Crippen LogP contribution in [-0.4, -0.2) is 23.7 Å². The molecule has 1 aromatic carbocycles. The Morgan fingerprint density at radius 1 is 1.31 bits per heavy atom. The van der Waals surface area contributed by atoms with Gasteiger partial charge in [0.15, 0.2) is 0 Å². The molecule has 1 aromatic rings. The van der Waals surface area contributed by atoms with E-state index in [4.69, 9.17) is 0 Å². The van der Waals surface area contributed by atoms with Crippen molar-refractivity contribution < 1.29 is 22.8 Å². The summed E-state index contributed by atoms with van der Waals surface area (Å²) < 4.78 is 37.9. The summed E-state index contributed by atoms with van der Waals surface area (Å²) in [6.07, 6.45) is -1.26. The Labute approximate surface area is 149 Å². The van der Waals surface area contributed by atoms with Crippen molar-refractivity contribution in [2.75, 3.05) is 0 Å². The molecule has 3 rings (SSSR count). The van der Waals surface area contributed by atoms with Gasteiger partial charge in [0.2, 0.25) is 5.91 Å². The second kappa shape index (κ2) is 6.70. The Morgan fingerprint density at radius 3 is 2.69 bits per heavy atom. The third-order valence-corrected chi connectivity index (χ3v) is 4.89. The fourth-order valence-corrected chi connectivity index (χ4v) is 3.43. The number of rotatable bonds is 2. The SMILES string of the molecule is Cc1ccc2c(c1)CCC(C)C2NC(=O)C1C=CC(C(F)(F)F)=NC1=O. The Hall–Kier alpha value is -2.44. The summed E-state index contributed by atoms with van der Waals surface area (Å²) >= 11 is 0. The maximum Gasteiger partial charge on any atom is 0.433 e. The van der Waals surface area contributed by atoms with Crippen molar-refractivity contribution >= 4 is 17.5 Å². The molecule has 1 heterocycles. The van der Waals surface area contributed by atoms with E-state index in [1.807, 2.05) is 26.0 Å². The van der Waals surface area contributed by atoms with Crippen LogP contribution in [0.15, 0.2) is 35.3 Å². The highest BCUT2D eigenvalue weighted by Gasteiger charge is 2.39. The number of aryl methyl sites for hydroxylation is 2. The number of hydrogen-bond acceptors (Lipinski definition) is 2. The van der Waals surface area contributed by atoms with Gasteiger partial charge in [-0.3, -0.25) is 9.59 Å². The molecule has 0 bridgehead atoms. The molecule has 0 radical (unpaired) electrons. The van der Waals surface area contributed by atoms with E-state index in [0.717, 1.165) is 35.6 Å². The first-order chi connectivity index (χ1) is 12.2. The van der Waals surface area contributed by atoms with Crippen LogP contribution in [-0.2, 0) is 16.0 Å². The normalized spacial score (nSPS) is 25.5. The third-order valence-electron chi connectivity index (χ3n) is 4.89. The van der Waals surface area contributed by atoms with Crippen molar-refractivity contribution in [1.29, 1.82) is 0 Å². The molecule has 3 unspecified atom stereocenters. The van der Waals surface area contributed by atoms with Gasteiger partial charge in [-0.1, -0.05) is 36.8 Å². The molecule has 0 saturated carbocycles. The first-order valence-electron chi connectivity index (χ1n) is 8.44. The van der Waals surface area contributed by atoms with Crippen LogP contribution in [0.1, 0.15) is 36.1 Å². The lowest BCUT2D eigenvalue weighted by Gasteiger charge is -2.33. The van der Waals surface area contributed by atoms with E-state index in [0.29, 0.717) is 6.08 Å². The summed E-state index contributed by atoms with van der Waals surface area (Å²) in [4.78, 5) is 27.5. The molecule has 0 aromatic heterocycles. The van der Waals surface area contributed by atoms with Crippen molar-refractivity contribution in [3.05, 3.63) is 47.0 Å². The Balaban J connectivity index is 1.78. The lowest BCUT2D eigenvalue weighted by atomic mass is 9.80. The minimum atomic E-state index is -4.71. The van der Waals surface area contributed by atoms with Gasteiger partial charge in [-0.05, 0) is 42.9 Å². The maximum atomic E-state index is 12.6. The number of nitrogens with zero attached hydrogens (tertiary/aromatic N) is 1. The molecule has 2 amide bonds. The molecule has 0 saturated heterocycles. The molecule has 0 fully saturated rings. The predicted molar refractivity (Wildman–Crippen MR) is 90.7 cm³/mol. The standard InChI is InChI=1S/C19H19F3N2O2/c1-10-3-6-13-12(9-10)5-4-11(2)16(13)24-18(26)14-7-8-15(19(20,21)22)23-17(14)25/h3,6-9,11,14,16H,4-5H2,1-2H3,(H,24,26). The first-order valence-corrected chi connectivity index (χ1v) is 8.44. The highest BCUT2D eigenvalue weighted by atomic mass is 19.4. The van der Waals surface area contributed by atoms with Crippen LogP contribution in [0.5, 0.6) is 0 Å². The zero-order chi connectivity index (χ0) is 19.1. The number of carbonyl (C=O) groups excluding carboxylic acids is 2. The van der Waals surface area contributed by atoms with Crippen molar-refractivity contribution in [3.63, 3.8) is 0 Å². The zero-order valence-corrected chi connectivity index (χ0v) is 14.4. The van der Waals surface area contributed by atoms with Crippen molar-refractivity contribution in [2.45, 2.75) is 38.9 Å². The number of nitrogens with one attached hydrogen (secondary N) is 1. The summed E-state index contributed by atoms with van der Waals surface area (Å²) in [5.74, 6) is -2.89. The van der Waals surface area contributed by atoms with Crippen LogP contribution in [0.4, 0.5) is 13.2 Å². The summed E-state index contributed by atoms with van der Waals surface area (Å²) in [5.41, 5.74) is 1.99. The van der Waals surface area contributed by atoms with E-state index in [-0.39, 0.29) is 12.0 Å². The third kappa shape index (κ3) is 3.57. The summed E-state index contributed by atoms with van der Waals surface area (Å²) in [6, 6.07) is 5.72. The van der Waals surface area contributed by atoms with Crippen LogP contribution in [0.3, 0.4) is 0 Å². The molecule has 3 atom stereocenters. The number of alkyl halides is 3. The lowest BCUT2D eigenvalue weighted by Crippen LogP contribution is -2.41. The fourth-order valence-electron chi connectivity index (χ4n) is 3.43. The zero-order valence-electron chi connectivity index (χ0n) is 14.4. The fraction of sp³-hybridized carbons (Fsp3) is 0.421. The van der Waals surface area contributed by atoms with Gasteiger partial charge in [0.1, 0.15) is 11.6 Å². The maximum absolute atomic E-state index is 12.6. The largest absolute Gasteiger partial charge is 0.433 e. The molecule has 1 aliphatic carbocycles. The van der Waals surface area contributed by atoms with Gasteiger partial charge >= 0.3 is 6.18 Å². The molecule has 4 nitrogen and oxygen atoms in total. The Bertz CT molecular complexity index is 811. The average molecular weight is 364 g/mol. The molecular weight excluding hydrogens is 345 g/mol. The number of halogens is 3. The van der Waals surface area contributed by atoms with Crippen LogP contribution in [0, 0.1) is 18.8 Å². The number of amides is 2. The lowest BCUT2D eigenvalue weighted by molar-refractivity contribution is -0.132. The van der Waals surface area contributed by atoms with E-state index in [9.17, 15) is 22.8 Å². The number of allylic oxidation sites excluding steroid dienone is 1. The number of dihydropyridines is 1. The summed E-state index contributed by atoms with van der Waals surface area (Å²) in [7, 11) is 0. The van der Waals surface area contributed by atoms with Gasteiger partial charge in [-0.25, -0.2) is 4.99 Å². The van der Waals surface area contributed by atoms with Crippen LogP contribution < -0.4 is 5.32 Å². The molecule has 7 heteroatoms. The number of fused-ring (bicyclic) bond motifs is 1. The van der Waals surface area contributed by atoms with E-state index < -0.39 is 29.6 Å². The van der Waals surface area contributed by atoms with Gasteiger partial charge < -0.3 is 5.32 Å². The van der Waals surface area contributed by atoms with Gasteiger partial charge in [-0.2, -0.15) is 13.2 Å². The summed E-state index contributed by atoms with van der Waals surface area (Å²) in [6.45, 7) is 4.00. The first kappa shape index (κ1) is 18.4. The minimum absolute atomic E-state index is 0.158. The smallest absolute Gasteiger partial charge is 0.348 e. The van der Waals surface area contributed by atoms with Gasteiger partial charge in [0.25, 0.3) is 5.91 Å². The van der Waals surface area contributed by atoms with E-state index >= 15 is 0 Å². The van der Waals surface area contributed by atoms with Crippen molar-refractivity contribution in [3.8, 4) is 0 Å². The molecular formula is C19H19F3N2O2. The van der Waals surface area contributed by atoms with Crippen LogP contribution in [0.2, 0.25) is 0 Å². The van der Waals surface area contributed by atoms with Gasteiger partial charge in [0, 0.05) is 0 Å². The topological polar surface area (TPSA) is 58.5 Å². The Kier molecular flexibility index (Phi) is 4.73. The monoisotopic (exact) mass is 364 g/mol. The van der Waals surface area contributed by atoms with Crippen molar-refractivity contribution in [1.82, 2.24) is 5.32 Å². The number of carbonyl (C=O) groups is 2. The van der Waals surface area contributed by atoms with E-state index in [2.05, 4.69) is 16.4 Å². The highest BCUT2D eigenvalue weighted by molar-refractivity contribution is 6.14. The number of aliphatic imine (C=N–C) groups is 1. The molecule has 2 aliphatic rings. The molecule has 138 valence electrons. The number of hydrogen-bond donors (Lipinski definition) is 1. The van der Waals surface area contributed by atoms with E-state index in [1.165, 1.54) is 0 Å². The van der Waals surface area contributed by atoms with Crippen molar-refractivity contribution in [2.24, 2.45) is 16.8 Å². The minimum Gasteiger partial charge on any atom is -0.348 e. The molecule has 0 spiro atoms. The average Bonchev–Trinajstić information content (AvgIpc) is 2.56. The number of benzene rings is 1. The Morgan fingerprint density at radius 2 is 2.04 bits per heavy atom. The van der Waals surface area contributed by atoms with Gasteiger partial charge in [-0.15, -0.1) is 0 Å². The second-order valence-corrected chi connectivity index (χ2v) is 6.87. The predicted octanol–water partition coefficient (Wildman–Crippen LogP) is 3.45. The van der Waals surface area contributed by atoms with Crippen LogP contribution >= 0.6 is 0 Å². The molecule has 1 aliphatic heterocycles. The summed E-state index contributed by atoms with van der Waals surface area (Å²) in [5, 5.41) is 2.84. The van der Waals surface area contributed by atoms with E-state index in [1.54, 1.807) is 0 Å². The molecule has 1 N–H and O–H groups in total. The highest BCUT2D eigenvalue weighted by Crippen LogP contribution is 2.35. The second-order valence-electron chi connectivity index (χ2n) is 6.87.